The van der Waals surface area contributed by atoms with Crippen molar-refractivity contribution in [1.82, 2.24) is 0 Å². The minimum atomic E-state index is -1.87. The Kier molecular flexibility index (Phi) is 8.25. The van der Waals surface area contributed by atoms with Crippen molar-refractivity contribution >= 4 is 36.0 Å². The number of benzene rings is 2. The van der Waals surface area contributed by atoms with Crippen LogP contribution in [0.1, 0.15) is 33.4 Å². The van der Waals surface area contributed by atoms with Gasteiger partial charge in [0.15, 0.2) is 8.24 Å². The van der Waals surface area contributed by atoms with Crippen LogP contribution in [0.15, 0.2) is 46.3 Å². The molecule has 0 aliphatic rings. The van der Waals surface area contributed by atoms with E-state index in [4.69, 9.17) is 9.64 Å². The molecule has 2 aromatic carbocycles. The molecule has 0 bridgehead atoms. The Morgan fingerprint density at radius 1 is 0.636 bits per heavy atom. The van der Waals surface area contributed by atoms with Crippen LogP contribution in [0.25, 0.3) is 10.7 Å². The SMILES string of the molecule is Cc1cccc(C)c1C(=N\[Si](C)(C)C)/C(=C(\[N-][Si](C)(C)C)c1c(C)cccc1C)[Si](C)(C)C. The number of hydrogen-bond donors (Lipinski definition) is 0. The molecule has 0 radical (unpaired) electrons. The molecular formula is C28H45N2Si3-. The van der Waals surface area contributed by atoms with E-state index in [1.807, 2.05) is 0 Å². The highest BCUT2D eigenvalue weighted by molar-refractivity contribution is 6.91. The van der Waals surface area contributed by atoms with Gasteiger partial charge in [-0.25, -0.2) is 0 Å². The first-order valence-corrected chi connectivity index (χ1v) is 22.5. The van der Waals surface area contributed by atoms with E-state index in [0.717, 1.165) is 0 Å². The summed E-state index contributed by atoms with van der Waals surface area (Å²) in [6.45, 7) is 30.4. The van der Waals surface area contributed by atoms with E-state index in [-0.39, 0.29) is 0 Å². The molecular weight excluding hydrogens is 449 g/mol. The van der Waals surface area contributed by atoms with E-state index in [0.29, 0.717) is 0 Å². The maximum atomic E-state index is 5.59. The molecule has 0 aliphatic heterocycles. The second-order valence-corrected chi connectivity index (χ2v) is 26.6. The lowest BCUT2D eigenvalue weighted by molar-refractivity contribution is 1.33. The molecule has 0 atom stereocenters. The first kappa shape index (κ1) is 27.5. The van der Waals surface area contributed by atoms with Gasteiger partial charge in [0.05, 0.1) is 13.8 Å². The molecule has 5 heteroatoms. The van der Waals surface area contributed by atoms with E-state index in [1.165, 1.54) is 50.0 Å². The average molecular weight is 494 g/mol. The summed E-state index contributed by atoms with van der Waals surface area (Å²) in [4.78, 5) is 5.59. The molecule has 0 unspecified atom stereocenters. The van der Waals surface area contributed by atoms with Crippen molar-refractivity contribution < 1.29 is 0 Å². The van der Waals surface area contributed by atoms with Crippen molar-refractivity contribution in [2.75, 3.05) is 0 Å². The molecule has 2 aromatic rings. The van der Waals surface area contributed by atoms with Gasteiger partial charge in [0.1, 0.15) is 0 Å². The fraction of sp³-hybridized carbons (Fsp3) is 0.464. The van der Waals surface area contributed by atoms with Gasteiger partial charge in [-0.1, -0.05) is 75.7 Å². The standard InChI is InChI=1S/C28H45N2Si3/c1-20-16-14-17-21(2)24(20)26(29-32(8,9)10)28(31(5,6)7)27(30-33(11,12)13)25-22(3)18-15-19-23(25)4/h14-19H,1-13H3/q-1/b28-26+,30-27+. The summed E-state index contributed by atoms with van der Waals surface area (Å²) in [6, 6.07) is 13.3. The number of aryl methyl sites for hydroxylation is 4. The van der Waals surface area contributed by atoms with Crippen molar-refractivity contribution in [2.45, 2.75) is 86.6 Å². The molecule has 0 saturated heterocycles. The predicted octanol–water partition coefficient (Wildman–Crippen LogP) is 9.04. The molecule has 0 heterocycles. The lowest BCUT2D eigenvalue weighted by Gasteiger charge is -2.44. The fourth-order valence-corrected chi connectivity index (χ4v) is 8.14. The number of hydrogen-bond acceptors (Lipinski definition) is 1. The van der Waals surface area contributed by atoms with Crippen LogP contribution in [-0.2, 0) is 0 Å². The lowest BCUT2D eigenvalue weighted by atomic mass is 9.95. The third-order valence-electron chi connectivity index (χ3n) is 5.55. The zero-order valence-corrected chi connectivity index (χ0v) is 26.4. The lowest BCUT2D eigenvalue weighted by Crippen LogP contribution is -2.35. The van der Waals surface area contributed by atoms with E-state index in [9.17, 15) is 0 Å². The quantitative estimate of drug-likeness (QED) is 0.272. The average Bonchev–Trinajstić information content (AvgIpc) is 2.57. The Morgan fingerprint density at radius 2 is 1.03 bits per heavy atom. The predicted molar refractivity (Wildman–Crippen MR) is 159 cm³/mol. The molecule has 33 heavy (non-hydrogen) atoms. The van der Waals surface area contributed by atoms with Crippen LogP contribution in [0.2, 0.25) is 58.9 Å². The third-order valence-corrected chi connectivity index (χ3v) is 9.32. The number of allylic oxidation sites excluding steroid dienone is 1. The van der Waals surface area contributed by atoms with Crippen LogP contribution >= 0.6 is 0 Å². The van der Waals surface area contributed by atoms with Crippen LogP contribution in [0.3, 0.4) is 0 Å². The van der Waals surface area contributed by atoms with Crippen molar-refractivity contribution in [2.24, 2.45) is 4.66 Å². The minimum Gasteiger partial charge on any atom is -0.687 e. The smallest absolute Gasteiger partial charge is 0.173 e. The summed E-state index contributed by atoms with van der Waals surface area (Å²) in [5.41, 5.74) is 10.3. The summed E-state index contributed by atoms with van der Waals surface area (Å²) in [6.07, 6.45) is 0. The van der Waals surface area contributed by atoms with Crippen LogP contribution in [0.5, 0.6) is 0 Å². The van der Waals surface area contributed by atoms with Gasteiger partial charge in [0.25, 0.3) is 0 Å². The molecule has 0 amide bonds. The van der Waals surface area contributed by atoms with Gasteiger partial charge in [-0.2, -0.15) is 0 Å². The zero-order chi connectivity index (χ0) is 25.4. The van der Waals surface area contributed by atoms with Crippen molar-refractivity contribution in [3.63, 3.8) is 0 Å². The molecule has 0 fully saturated rings. The summed E-state index contributed by atoms with van der Waals surface area (Å²) in [5, 5.41) is 1.42. The Bertz CT molecular complexity index is 1040. The Balaban J connectivity index is 3.18. The zero-order valence-electron chi connectivity index (χ0n) is 23.4. The summed E-state index contributed by atoms with van der Waals surface area (Å²) >= 11 is 0. The van der Waals surface area contributed by atoms with Gasteiger partial charge in [0.2, 0.25) is 0 Å². The van der Waals surface area contributed by atoms with E-state index < -0.39 is 24.5 Å². The third kappa shape index (κ3) is 7.14. The Hall–Kier alpha value is -1.70. The largest absolute Gasteiger partial charge is 0.687 e. The van der Waals surface area contributed by atoms with Gasteiger partial charge in [-0.3, -0.25) is 0 Å². The van der Waals surface area contributed by atoms with Gasteiger partial charge in [-0.15, -0.1) is 5.70 Å². The van der Waals surface area contributed by atoms with Crippen LogP contribution < -0.4 is 0 Å². The molecule has 2 nitrogen and oxygen atoms in total. The van der Waals surface area contributed by atoms with Crippen molar-refractivity contribution in [3.05, 3.63) is 80.0 Å². The molecule has 0 aliphatic carbocycles. The van der Waals surface area contributed by atoms with Gasteiger partial charge in [-0.05, 0) is 88.6 Å². The molecule has 180 valence electrons. The maximum absolute atomic E-state index is 5.59. The Labute approximate surface area is 206 Å². The van der Waals surface area contributed by atoms with Crippen molar-refractivity contribution in [1.29, 1.82) is 0 Å². The van der Waals surface area contributed by atoms with E-state index >= 15 is 0 Å². The maximum Gasteiger partial charge on any atom is 0.173 e. The highest BCUT2D eigenvalue weighted by Gasteiger charge is 2.30. The minimum absolute atomic E-state index is 1.21. The van der Waals surface area contributed by atoms with Gasteiger partial charge < -0.3 is 9.64 Å². The van der Waals surface area contributed by atoms with Crippen LogP contribution in [0.4, 0.5) is 0 Å². The monoisotopic (exact) mass is 493 g/mol. The first-order valence-electron chi connectivity index (χ1n) is 12.1. The summed E-state index contributed by atoms with van der Waals surface area (Å²) in [7, 11) is -5.43. The molecule has 0 N–H and O–H groups in total. The molecule has 0 aromatic heterocycles. The highest BCUT2D eigenvalue weighted by atomic mass is 28.3. The van der Waals surface area contributed by atoms with Crippen LogP contribution in [-0.4, -0.2) is 30.3 Å². The molecule has 0 saturated carbocycles. The first-order chi connectivity index (χ1) is 14.9. The second-order valence-electron chi connectivity index (χ2n) is 12.4. The van der Waals surface area contributed by atoms with E-state index in [1.54, 1.807) is 0 Å². The summed E-state index contributed by atoms with van der Waals surface area (Å²) in [5.74, 6) is 0. The van der Waals surface area contributed by atoms with Crippen LogP contribution in [0, 0.1) is 27.7 Å². The number of nitrogens with zero attached hydrogens (tertiary/aromatic N) is 2. The topological polar surface area (TPSA) is 26.5 Å². The Morgan fingerprint density at radius 3 is 1.36 bits per heavy atom. The normalized spacial score (nSPS) is 14.3. The molecule has 0 spiro atoms. The second kappa shape index (κ2) is 9.88. The fourth-order valence-electron chi connectivity index (χ4n) is 4.34. The number of rotatable bonds is 7. The van der Waals surface area contributed by atoms with Gasteiger partial charge in [0, 0.05) is 5.56 Å². The van der Waals surface area contributed by atoms with Gasteiger partial charge >= 0.3 is 0 Å². The molecule has 2 rings (SSSR count). The van der Waals surface area contributed by atoms with E-state index in [2.05, 4.69) is 123 Å². The highest BCUT2D eigenvalue weighted by Crippen LogP contribution is 2.40. The summed E-state index contributed by atoms with van der Waals surface area (Å²) < 4.78 is 5.59. The van der Waals surface area contributed by atoms with Crippen molar-refractivity contribution in [3.8, 4) is 0 Å².